The van der Waals surface area contributed by atoms with Gasteiger partial charge in [-0.25, -0.2) is 0 Å². The molecule has 1 aliphatic heterocycles. The molecule has 0 saturated heterocycles. The maximum Gasteiger partial charge on any atom is 0.416 e. The van der Waals surface area contributed by atoms with Crippen molar-refractivity contribution in [1.29, 1.82) is 0 Å². The van der Waals surface area contributed by atoms with E-state index in [-0.39, 0.29) is 11.6 Å². The smallest absolute Gasteiger partial charge is 0.416 e. The highest BCUT2D eigenvalue weighted by molar-refractivity contribution is 6.00. The minimum atomic E-state index is -5.16. The average Bonchev–Trinajstić information content (AvgIpc) is 2.86. The van der Waals surface area contributed by atoms with Crippen LogP contribution in [-0.2, 0) is 21.9 Å². The van der Waals surface area contributed by atoms with Gasteiger partial charge in [-0.3, -0.25) is 19.4 Å². The van der Waals surface area contributed by atoms with E-state index in [1.54, 1.807) is 12.1 Å². The van der Waals surface area contributed by atoms with E-state index < -0.39 is 65.8 Å². The van der Waals surface area contributed by atoms with Crippen molar-refractivity contribution < 1.29 is 45.8 Å². The summed E-state index contributed by atoms with van der Waals surface area (Å²) < 4.78 is 79.3. The summed E-state index contributed by atoms with van der Waals surface area (Å²) in [5.74, 6) is -2.66. The maximum atomic E-state index is 13.2. The van der Waals surface area contributed by atoms with Crippen molar-refractivity contribution in [3.63, 3.8) is 0 Å². The van der Waals surface area contributed by atoms with Crippen molar-refractivity contribution in [3.05, 3.63) is 64.7 Å². The van der Waals surface area contributed by atoms with Gasteiger partial charge in [0.2, 0.25) is 5.91 Å². The quantitative estimate of drug-likeness (QED) is 0.316. The molecular weight excluding hydrogens is 536 g/mol. The second kappa shape index (κ2) is 12.1. The number of carboxylic acid groups (broad SMARTS) is 1. The van der Waals surface area contributed by atoms with Crippen LogP contribution in [0.25, 0.3) is 0 Å². The number of anilines is 1. The van der Waals surface area contributed by atoms with E-state index in [0.29, 0.717) is 36.7 Å². The molecule has 39 heavy (non-hydrogen) atoms. The summed E-state index contributed by atoms with van der Waals surface area (Å²) in [5, 5.41) is 19.7. The number of halogens is 6. The molecule has 1 heterocycles. The van der Waals surface area contributed by atoms with Gasteiger partial charge in [0.15, 0.2) is 0 Å². The second-order valence-corrected chi connectivity index (χ2v) is 8.45. The molecule has 1 atom stereocenters. The van der Waals surface area contributed by atoms with E-state index in [4.69, 9.17) is 5.11 Å². The summed E-state index contributed by atoms with van der Waals surface area (Å²) >= 11 is 0. The first kappa shape index (κ1) is 29.4. The van der Waals surface area contributed by atoms with Gasteiger partial charge in [-0.15, -0.1) is 0 Å². The minimum Gasteiger partial charge on any atom is -0.481 e. The highest BCUT2D eigenvalue weighted by Crippen LogP contribution is 2.37. The van der Waals surface area contributed by atoms with Gasteiger partial charge in [0, 0.05) is 17.8 Å². The standard InChI is InChI=1S/C24H23F6N5O4/c25-23(26,27)15-6-14(7-16(9-15)24(28,29)30)18(10-21(37)38)35-20(36)12-33-22(39)13-2-1-3-17(8-13)34-19-11-31-4-5-32-19/h1-3,6-9,18,31H,4-5,10-12H2,(H,32,34)(H,33,39)(H,35,36)(H,37,38). The highest BCUT2D eigenvalue weighted by atomic mass is 19.4. The first-order valence-corrected chi connectivity index (χ1v) is 11.4. The zero-order valence-electron chi connectivity index (χ0n) is 20.0. The van der Waals surface area contributed by atoms with Gasteiger partial charge in [0.1, 0.15) is 5.84 Å². The predicted molar refractivity (Wildman–Crippen MR) is 127 cm³/mol. The predicted octanol–water partition coefficient (Wildman–Crippen LogP) is 3.20. The van der Waals surface area contributed by atoms with Crippen LogP contribution in [-0.4, -0.2) is 54.9 Å². The van der Waals surface area contributed by atoms with Crippen LogP contribution in [0.5, 0.6) is 0 Å². The zero-order valence-corrected chi connectivity index (χ0v) is 20.0. The first-order valence-electron chi connectivity index (χ1n) is 11.4. The average molecular weight is 559 g/mol. The Morgan fingerprint density at radius 2 is 1.67 bits per heavy atom. The fraction of sp³-hybridized carbons (Fsp3) is 0.333. The number of rotatable bonds is 8. The third-order valence-corrected chi connectivity index (χ3v) is 5.43. The second-order valence-electron chi connectivity index (χ2n) is 8.45. The fourth-order valence-electron chi connectivity index (χ4n) is 3.64. The molecule has 5 N–H and O–H groups in total. The number of amides is 2. The van der Waals surface area contributed by atoms with Crippen molar-refractivity contribution >= 4 is 29.3 Å². The lowest BCUT2D eigenvalue weighted by atomic mass is 9.97. The van der Waals surface area contributed by atoms with Crippen LogP contribution in [0.4, 0.5) is 32.0 Å². The van der Waals surface area contributed by atoms with Crippen LogP contribution in [0.15, 0.2) is 47.5 Å². The van der Waals surface area contributed by atoms with Gasteiger partial charge in [-0.05, 0) is 42.0 Å². The summed E-state index contributed by atoms with van der Waals surface area (Å²) in [5.41, 5.74) is -3.34. The molecule has 2 amide bonds. The van der Waals surface area contributed by atoms with Crippen LogP contribution in [0.1, 0.15) is 39.5 Å². The molecule has 15 heteroatoms. The lowest BCUT2D eigenvalue weighted by Crippen LogP contribution is -2.39. The molecule has 0 aromatic heterocycles. The topological polar surface area (TPSA) is 132 Å². The van der Waals surface area contributed by atoms with Crippen LogP contribution in [0.2, 0.25) is 0 Å². The zero-order chi connectivity index (χ0) is 28.8. The Balaban J connectivity index is 1.72. The number of hydrogen-bond acceptors (Lipinski definition) is 6. The third kappa shape index (κ3) is 8.70. The Labute approximate surface area is 217 Å². The molecule has 2 aromatic carbocycles. The molecule has 0 bridgehead atoms. The number of aliphatic imine (C=N–C) groups is 1. The summed E-state index contributed by atoms with van der Waals surface area (Å²) in [6.07, 6.45) is -11.3. The number of carbonyl (C=O) groups is 3. The SMILES string of the molecule is O=C(O)CC(NC(=O)CNC(=O)c1cccc(NC2=NCCNC2)c1)c1cc(C(F)(F)F)cc(C(F)(F)F)c1. The summed E-state index contributed by atoms with van der Waals surface area (Å²) in [6, 6.07) is 5.02. The number of hydrogen-bond donors (Lipinski definition) is 5. The van der Waals surface area contributed by atoms with Crippen molar-refractivity contribution in [3.8, 4) is 0 Å². The monoisotopic (exact) mass is 559 g/mol. The number of aliphatic carboxylic acids is 1. The molecule has 2 aromatic rings. The van der Waals surface area contributed by atoms with Gasteiger partial charge >= 0.3 is 18.3 Å². The normalized spacial score (nSPS) is 14.7. The Bertz CT molecular complexity index is 1230. The number of amidine groups is 1. The molecule has 0 radical (unpaired) electrons. The Morgan fingerprint density at radius 1 is 1.00 bits per heavy atom. The van der Waals surface area contributed by atoms with Gasteiger partial charge < -0.3 is 26.4 Å². The summed E-state index contributed by atoms with van der Waals surface area (Å²) in [6.45, 7) is 1.09. The molecule has 0 spiro atoms. The molecule has 1 aliphatic rings. The molecule has 210 valence electrons. The largest absolute Gasteiger partial charge is 0.481 e. The van der Waals surface area contributed by atoms with Crippen molar-refractivity contribution in [2.45, 2.75) is 24.8 Å². The third-order valence-electron chi connectivity index (χ3n) is 5.43. The van der Waals surface area contributed by atoms with E-state index in [0.717, 1.165) is 6.54 Å². The first-order chi connectivity index (χ1) is 18.2. The molecule has 0 aliphatic carbocycles. The molecular formula is C24H23F6N5O4. The van der Waals surface area contributed by atoms with Crippen molar-refractivity contribution in [2.75, 3.05) is 31.5 Å². The van der Waals surface area contributed by atoms with Gasteiger partial charge in [-0.1, -0.05) is 6.07 Å². The van der Waals surface area contributed by atoms with Crippen LogP contribution in [0, 0.1) is 0 Å². The number of carboxylic acids is 1. The molecule has 3 rings (SSSR count). The van der Waals surface area contributed by atoms with Gasteiger partial charge in [-0.2, -0.15) is 26.3 Å². The van der Waals surface area contributed by atoms with E-state index in [1.165, 1.54) is 12.1 Å². The Morgan fingerprint density at radius 3 is 2.23 bits per heavy atom. The Kier molecular flexibility index (Phi) is 9.16. The number of carbonyl (C=O) groups excluding carboxylic acids is 2. The van der Waals surface area contributed by atoms with Crippen LogP contribution >= 0.6 is 0 Å². The van der Waals surface area contributed by atoms with E-state index in [1.807, 2.05) is 0 Å². The van der Waals surface area contributed by atoms with Crippen LogP contribution in [0.3, 0.4) is 0 Å². The highest BCUT2D eigenvalue weighted by Gasteiger charge is 2.38. The lowest BCUT2D eigenvalue weighted by molar-refractivity contribution is -0.143. The summed E-state index contributed by atoms with van der Waals surface area (Å²) in [4.78, 5) is 40.5. The fourth-order valence-corrected chi connectivity index (χ4v) is 3.64. The summed E-state index contributed by atoms with van der Waals surface area (Å²) in [7, 11) is 0. The molecule has 0 fully saturated rings. The minimum absolute atomic E-state index is 0.107. The van der Waals surface area contributed by atoms with E-state index in [9.17, 15) is 40.7 Å². The molecule has 0 saturated carbocycles. The number of benzene rings is 2. The van der Waals surface area contributed by atoms with Crippen LogP contribution < -0.4 is 21.3 Å². The number of nitrogens with zero attached hydrogens (tertiary/aromatic N) is 1. The van der Waals surface area contributed by atoms with Gasteiger partial charge in [0.25, 0.3) is 5.91 Å². The lowest BCUT2D eigenvalue weighted by Gasteiger charge is -2.21. The van der Waals surface area contributed by atoms with E-state index >= 15 is 0 Å². The Hall–Kier alpha value is -4.14. The number of nitrogens with one attached hydrogen (secondary N) is 4. The maximum absolute atomic E-state index is 13.2. The number of alkyl halides is 6. The van der Waals surface area contributed by atoms with Crippen molar-refractivity contribution in [2.24, 2.45) is 4.99 Å². The van der Waals surface area contributed by atoms with Gasteiger partial charge in [0.05, 0.1) is 43.2 Å². The van der Waals surface area contributed by atoms with E-state index in [2.05, 4.69) is 26.3 Å². The molecule has 9 nitrogen and oxygen atoms in total. The molecule has 1 unspecified atom stereocenters. The van der Waals surface area contributed by atoms with Crippen molar-refractivity contribution in [1.82, 2.24) is 16.0 Å².